The number of anilines is 1. The zero-order chi connectivity index (χ0) is 13.1. The number of aliphatic hydroxyl groups excluding tert-OH is 1. The highest BCUT2D eigenvalue weighted by Crippen LogP contribution is 2.23. The summed E-state index contributed by atoms with van der Waals surface area (Å²) in [5, 5.41) is 9.57. The lowest BCUT2D eigenvalue weighted by Gasteiger charge is -2.32. The van der Waals surface area contributed by atoms with Gasteiger partial charge in [0.25, 0.3) is 0 Å². The van der Waals surface area contributed by atoms with Gasteiger partial charge in [-0.2, -0.15) is 0 Å². The Kier molecular flexibility index (Phi) is 3.81. The molecule has 2 rings (SSSR count). The molecular weight excluding hydrogens is 230 g/mol. The van der Waals surface area contributed by atoms with Gasteiger partial charge in [-0.25, -0.2) is 4.98 Å². The number of aromatic nitrogens is 1. The van der Waals surface area contributed by atoms with Crippen LogP contribution in [0, 0.1) is 5.92 Å². The Balaban J connectivity index is 2.15. The minimum Gasteiger partial charge on any atom is -0.389 e. The number of amides is 1. The number of pyridine rings is 1. The van der Waals surface area contributed by atoms with Gasteiger partial charge in [-0.15, -0.1) is 0 Å². The van der Waals surface area contributed by atoms with Crippen LogP contribution in [-0.2, 0) is 4.79 Å². The van der Waals surface area contributed by atoms with Gasteiger partial charge in [-0.3, -0.25) is 4.79 Å². The Morgan fingerprint density at radius 3 is 3.11 bits per heavy atom. The number of carbonyl (C=O) groups is 1. The Labute approximate surface area is 107 Å². The molecule has 2 heterocycles. The van der Waals surface area contributed by atoms with E-state index >= 15 is 0 Å². The van der Waals surface area contributed by atoms with E-state index < -0.39 is 6.10 Å². The molecule has 0 radical (unpaired) electrons. The van der Waals surface area contributed by atoms with Gasteiger partial charge in [0, 0.05) is 19.3 Å². The van der Waals surface area contributed by atoms with Crippen molar-refractivity contribution >= 4 is 11.7 Å². The van der Waals surface area contributed by atoms with E-state index in [1.165, 1.54) is 0 Å². The van der Waals surface area contributed by atoms with Crippen molar-refractivity contribution in [3.63, 3.8) is 0 Å². The molecule has 1 aliphatic rings. The monoisotopic (exact) mass is 249 g/mol. The smallest absolute Gasteiger partial charge is 0.222 e. The summed E-state index contributed by atoms with van der Waals surface area (Å²) in [6.07, 6.45) is 2.96. The molecule has 1 aliphatic heterocycles. The number of nitrogens with zero attached hydrogens (tertiary/aromatic N) is 2. The van der Waals surface area contributed by atoms with E-state index in [1.54, 1.807) is 19.2 Å². The van der Waals surface area contributed by atoms with Crippen molar-refractivity contribution < 1.29 is 9.90 Å². The molecule has 98 valence electrons. The second kappa shape index (κ2) is 5.35. The lowest BCUT2D eigenvalue weighted by atomic mass is 9.97. The molecule has 3 N–H and O–H groups in total. The molecule has 5 heteroatoms. The van der Waals surface area contributed by atoms with Crippen molar-refractivity contribution in [2.24, 2.45) is 11.7 Å². The number of primary amides is 1. The average molecular weight is 249 g/mol. The van der Waals surface area contributed by atoms with Gasteiger partial charge >= 0.3 is 0 Å². The summed E-state index contributed by atoms with van der Waals surface area (Å²) in [5.41, 5.74) is 6.19. The maximum atomic E-state index is 11.2. The molecule has 2 atom stereocenters. The summed E-state index contributed by atoms with van der Waals surface area (Å²) >= 11 is 0. The number of carbonyl (C=O) groups excluding carboxylic acids is 1. The molecule has 0 saturated carbocycles. The van der Waals surface area contributed by atoms with E-state index in [0.29, 0.717) is 6.54 Å². The molecule has 0 spiro atoms. The van der Waals surface area contributed by atoms with Gasteiger partial charge in [-0.05, 0) is 37.5 Å². The van der Waals surface area contributed by atoms with Crippen molar-refractivity contribution in [1.29, 1.82) is 0 Å². The Morgan fingerprint density at radius 1 is 1.67 bits per heavy atom. The predicted octanol–water partition coefficient (Wildman–Crippen LogP) is 0.837. The molecule has 18 heavy (non-hydrogen) atoms. The lowest BCUT2D eigenvalue weighted by molar-refractivity contribution is -0.122. The molecule has 1 unspecified atom stereocenters. The number of hydrogen-bond donors (Lipinski definition) is 2. The normalized spacial score (nSPS) is 21.7. The van der Waals surface area contributed by atoms with Gasteiger partial charge in [0.15, 0.2) is 0 Å². The van der Waals surface area contributed by atoms with Crippen molar-refractivity contribution in [1.82, 2.24) is 4.98 Å². The van der Waals surface area contributed by atoms with E-state index in [-0.39, 0.29) is 11.8 Å². The Hall–Kier alpha value is -1.62. The van der Waals surface area contributed by atoms with Crippen molar-refractivity contribution in [2.75, 3.05) is 18.0 Å². The van der Waals surface area contributed by atoms with Crippen LogP contribution in [0.4, 0.5) is 5.82 Å². The first-order valence-corrected chi connectivity index (χ1v) is 6.26. The highest BCUT2D eigenvalue weighted by atomic mass is 16.3. The number of rotatable bonds is 3. The minimum atomic E-state index is -0.511. The molecule has 1 saturated heterocycles. The fourth-order valence-electron chi connectivity index (χ4n) is 2.28. The first kappa shape index (κ1) is 12.8. The predicted molar refractivity (Wildman–Crippen MR) is 69.0 cm³/mol. The van der Waals surface area contributed by atoms with E-state index in [1.807, 2.05) is 6.07 Å². The molecule has 0 aliphatic carbocycles. The first-order valence-electron chi connectivity index (χ1n) is 6.26. The van der Waals surface area contributed by atoms with E-state index in [2.05, 4.69) is 9.88 Å². The molecule has 1 aromatic heterocycles. The molecule has 1 amide bonds. The van der Waals surface area contributed by atoms with Gasteiger partial charge in [0.05, 0.1) is 12.0 Å². The molecule has 0 bridgehead atoms. The van der Waals surface area contributed by atoms with Crippen LogP contribution in [0.1, 0.15) is 31.4 Å². The Morgan fingerprint density at radius 2 is 2.44 bits per heavy atom. The summed E-state index contributed by atoms with van der Waals surface area (Å²) in [6, 6.07) is 3.66. The maximum Gasteiger partial charge on any atom is 0.222 e. The SMILES string of the molecule is C[C@H](O)c1ccnc(N2CCCC(C(N)=O)C2)c1. The van der Waals surface area contributed by atoms with Crippen LogP contribution in [-0.4, -0.2) is 29.1 Å². The lowest BCUT2D eigenvalue weighted by Crippen LogP contribution is -2.41. The van der Waals surface area contributed by atoms with Crippen LogP contribution in [0.5, 0.6) is 0 Å². The number of aliphatic hydroxyl groups is 1. The van der Waals surface area contributed by atoms with E-state index in [4.69, 9.17) is 5.73 Å². The van der Waals surface area contributed by atoms with E-state index in [9.17, 15) is 9.90 Å². The van der Waals surface area contributed by atoms with Crippen molar-refractivity contribution in [3.8, 4) is 0 Å². The fourth-order valence-corrected chi connectivity index (χ4v) is 2.28. The first-order chi connectivity index (χ1) is 8.58. The van der Waals surface area contributed by atoms with Gasteiger partial charge < -0.3 is 15.7 Å². The fraction of sp³-hybridized carbons (Fsp3) is 0.538. The summed E-state index contributed by atoms with van der Waals surface area (Å²) in [4.78, 5) is 17.6. The second-order valence-electron chi connectivity index (χ2n) is 4.81. The molecular formula is C13H19N3O2. The highest BCUT2D eigenvalue weighted by molar-refractivity contribution is 5.77. The van der Waals surface area contributed by atoms with Gasteiger partial charge in [-0.1, -0.05) is 0 Å². The summed E-state index contributed by atoms with van der Waals surface area (Å²) in [6.45, 7) is 3.22. The third-order valence-corrected chi connectivity index (χ3v) is 3.40. The molecule has 5 nitrogen and oxygen atoms in total. The Bertz CT molecular complexity index is 434. The minimum absolute atomic E-state index is 0.101. The largest absolute Gasteiger partial charge is 0.389 e. The third kappa shape index (κ3) is 2.79. The van der Waals surface area contributed by atoms with Crippen molar-refractivity contribution in [2.45, 2.75) is 25.9 Å². The third-order valence-electron chi connectivity index (χ3n) is 3.40. The van der Waals surface area contributed by atoms with Gasteiger partial charge in [0.1, 0.15) is 5.82 Å². The van der Waals surface area contributed by atoms with Crippen LogP contribution >= 0.6 is 0 Å². The quantitative estimate of drug-likeness (QED) is 0.831. The van der Waals surface area contributed by atoms with E-state index in [0.717, 1.165) is 30.8 Å². The number of nitrogens with two attached hydrogens (primary N) is 1. The van der Waals surface area contributed by atoms with Gasteiger partial charge in [0.2, 0.25) is 5.91 Å². The molecule has 1 fully saturated rings. The summed E-state index contributed by atoms with van der Waals surface area (Å²) in [5.74, 6) is 0.460. The molecule has 1 aromatic rings. The van der Waals surface area contributed by atoms with Crippen LogP contribution in [0.15, 0.2) is 18.3 Å². The van der Waals surface area contributed by atoms with Crippen LogP contribution in [0.3, 0.4) is 0 Å². The number of hydrogen-bond acceptors (Lipinski definition) is 4. The topological polar surface area (TPSA) is 79.5 Å². The highest BCUT2D eigenvalue weighted by Gasteiger charge is 2.24. The summed E-state index contributed by atoms with van der Waals surface area (Å²) < 4.78 is 0. The summed E-state index contributed by atoms with van der Waals surface area (Å²) in [7, 11) is 0. The van der Waals surface area contributed by atoms with Crippen molar-refractivity contribution in [3.05, 3.63) is 23.9 Å². The average Bonchev–Trinajstić information content (AvgIpc) is 2.39. The maximum absolute atomic E-state index is 11.2. The van der Waals surface area contributed by atoms with Crippen LogP contribution in [0.25, 0.3) is 0 Å². The zero-order valence-corrected chi connectivity index (χ0v) is 10.5. The standard InChI is InChI=1S/C13H19N3O2/c1-9(17)10-4-5-15-12(7-10)16-6-2-3-11(8-16)13(14)18/h4-5,7,9,11,17H,2-3,6,8H2,1H3,(H2,14,18)/t9-,11?/m0/s1. The van der Waals surface area contributed by atoms with Crippen LogP contribution < -0.4 is 10.6 Å². The molecule has 0 aromatic carbocycles. The number of piperidine rings is 1. The second-order valence-corrected chi connectivity index (χ2v) is 4.81. The van der Waals surface area contributed by atoms with Crippen LogP contribution in [0.2, 0.25) is 0 Å². The zero-order valence-electron chi connectivity index (χ0n) is 10.5.